The highest BCUT2D eigenvalue weighted by Crippen LogP contribution is 2.22. The number of rotatable bonds is 9. The molecule has 3 aromatic carbocycles. The summed E-state index contributed by atoms with van der Waals surface area (Å²) in [5.74, 6) is 0.830. The van der Waals surface area contributed by atoms with E-state index in [1.54, 1.807) is 7.11 Å². The van der Waals surface area contributed by atoms with E-state index in [-0.39, 0.29) is 18.5 Å². The Morgan fingerprint density at radius 1 is 0.897 bits per heavy atom. The van der Waals surface area contributed by atoms with Crippen LogP contribution >= 0.6 is 0 Å². The van der Waals surface area contributed by atoms with Gasteiger partial charge in [0.15, 0.2) is 0 Å². The van der Waals surface area contributed by atoms with Gasteiger partial charge in [-0.2, -0.15) is 0 Å². The molecule has 0 spiro atoms. The molecule has 0 bridgehead atoms. The molecule has 0 heterocycles. The second-order valence-electron chi connectivity index (χ2n) is 7.05. The molecule has 0 aliphatic rings. The number of para-hydroxylation sites is 1. The Kier molecular flexibility index (Phi) is 7.42. The molecular weight excluding hydrogens is 360 g/mol. The summed E-state index contributed by atoms with van der Waals surface area (Å²) in [6, 6.07) is 26.5. The second kappa shape index (κ2) is 10.4. The number of carbonyl (C=O) groups is 1. The van der Waals surface area contributed by atoms with Crippen molar-refractivity contribution < 1.29 is 9.53 Å². The Balaban J connectivity index is 1.57. The molecule has 2 N–H and O–H groups in total. The van der Waals surface area contributed by atoms with E-state index in [9.17, 15) is 4.79 Å². The third kappa shape index (κ3) is 5.93. The Hall–Kier alpha value is -3.11. The third-order valence-corrected chi connectivity index (χ3v) is 4.92. The maximum atomic E-state index is 12.4. The van der Waals surface area contributed by atoms with Gasteiger partial charge in [0.2, 0.25) is 5.91 Å². The summed E-state index contributed by atoms with van der Waals surface area (Å²) >= 11 is 0. The normalized spacial score (nSPS) is 11.7. The molecule has 1 atom stereocenters. The molecule has 0 saturated carbocycles. The average Bonchev–Trinajstić information content (AvgIpc) is 2.76. The maximum Gasteiger partial charge on any atom is 0.233 e. The van der Waals surface area contributed by atoms with Crippen LogP contribution in [-0.2, 0) is 11.2 Å². The van der Waals surface area contributed by atoms with Crippen molar-refractivity contribution in [3.05, 3.63) is 101 Å². The standard InChI is InChI=1S/C25H28N2O2/c1-19-12-14-22(15-13-19)25(21-9-4-3-5-10-21)27-18-24(28)26-17-16-20-8-6-7-11-23(20)29-2/h3-15,25,27H,16-18H2,1-2H3,(H,26,28)/t25-/m1/s1. The Morgan fingerprint density at radius 3 is 2.28 bits per heavy atom. The van der Waals surface area contributed by atoms with Crippen molar-refractivity contribution in [3.63, 3.8) is 0 Å². The van der Waals surface area contributed by atoms with Crippen LogP contribution in [-0.4, -0.2) is 26.1 Å². The van der Waals surface area contributed by atoms with Crippen LogP contribution in [0.3, 0.4) is 0 Å². The highest BCUT2D eigenvalue weighted by molar-refractivity contribution is 5.78. The zero-order valence-electron chi connectivity index (χ0n) is 17.0. The summed E-state index contributed by atoms with van der Waals surface area (Å²) in [7, 11) is 1.66. The van der Waals surface area contributed by atoms with Gasteiger partial charge in [-0.3, -0.25) is 10.1 Å². The van der Waals surface area contributed by atoms with Crippen LogP contribution in [0.2, 0.25) is 0 Å². The van der Waals surface area contributed by atoms with Crippen molar-refractivity contribution in [2.45, 2.75) is 19.4 Å². The lowest BCUT2D eigenvalue weighted by Gasteiger charge is -2.20. The topological polar surface area (TPSA) is 50.4 Å². The molecule has 0 fully saturated rings. The molecule has 1 amide bonds. The summed E-state index contributed by atoms with van der Waals surface area (Å²) in [6.07, 6.45) is 0.732. The summed E-state index contributed by atoms with van der Waals surface area (Å²) in [5, 5.41) is 6.40. The third-order valence-electron chi connectivity index (χ3n) is 4.92. The number of ether oxygens (including phenoxy) is 1. The number of benzene rings is 3. The zero-order valence-corrected chi connectivity index (χ0v) is 17.0. The Morgan fingerprint density at radius 2 is 1.55 bits per heavy atom. The lowest BCUT2D eigenvalue weighted by atomic mass is 9.98. The van der Waals surface area contributed by atoms with Crippen LogP contribution in [0, 0.1) is 6.92 Å². The lowest BCUT2D eigenvalue weighted by molar-refractivity contribution is -0.120. The van der Waals surface area contributed by atoms with Crippen LogP contribution < -0.4 is 15.4 Å². The monoisotopic (exact) mass is 388 g/mol. The molecule has 3 rings (SSSR count). The molecule has 29 heavy (non-hydrogen) atoms. The lowest BCUT2D eigenvalue weighted by Crippen LogP contribution is -2.37. The fourth-order valence-electron chi connectivity index (χ4n) is 3.34. The smallest absolute Gasteiger partial charge is 0.233 e. The molecule has 4 heteroatoms. The van der Waals surface area contributed by atoms with E-state index in [1.165, 1.54) is 5.56 Å². The zero-order chi connectivity index (χ0) is 20.5. The van der Waals surface area contributed by atoms with Crippen LogP contribution in [0.5, 0.6) is 5.75 Å². The number of carbonyl (C=O) groups excluding carboxylic acids is 1. The quantitative estimate of drug-likeness (QED) is 0.582. The largest absolute Gasteiger partial charge is 0.496 e. The molecule has 0 aromatic heterocycles. The molecule has 4 nitrogen and oxygen atoms in total. The van der Waals surface area contributed by atoms with Gasteiger partial charge in [0.25, 0.3) is 0 Å². The minimum absolute atomic E-state index is 0.0204. The van der Waals surface area contributed by atoms with Gasteiger partial charge < -0.3 is 10.1 Å². The minimum atomic E-state index is -0.0308. The molecule has 0 aliphatic heterocycles. The van der Waals surface area contributed by atoms with Crippen LogP contribution in [0.25, 0.3) is 0 Å². The fourth-order valence-corrected chi connectivity index (χ4v) is 3.34. The predicted molar refractivity (Wildman–Crippen MR) is 117 cm³/mol. The number of aryl methyl sites for hydroxylation is 1. The number of amides is 1. The van der Waals surface area contributed by atoms with E-state index in [1.807, 2.05) is 42.5 Å². The summed E-state index contributed by atoms with van der Waals surface area (Å²) in [5.41, 5.74) is 4.58. The van der Waals surface area contributed by atoms with Crippen molar-refractivity contribution in [2.24, 2.45) is 0 Å². The first-order valence-corrected chi connectivity index (χ1v) is 9.91. The van der Waals surface area contributed by atoms with Crippen LogP contribution in [0.4, 0.5) is 0 Å². The SMILES string of the molecule is COc1ccccc1CCNC(=O)CN[C@H](c1ccccc1)c1ccc(C)cc1. The van der Waals surface area contributed by atoms with E-state index in [2.05, 4.69) is 54.0 Å². The van der Waals surface area contributed by atoms with Gasteiger partial charge in [0, 0.05) is 6.54 Å². The molecule has 150 valence electrons. The van der Waals surface area contributed by atoms with Crippen molar-refractivity contribution in [2.75, 3.05) is 20.2 Å². The number of hydrogen-bond acceptors (Lipinski definition) is 3. The van der Waals surface area contributed by atoms with Crippen LogP contribution in [0.15, 0.2) is 78.9 Å². The molecule has 0 unspecified atom stereocenters. The minimum Gasteiger partial charge on any atom is -0.496 e. The van der Waals surface area contributed by atoms with Crippen molar-refractivity contribution in [3.8, 4) is 5.75 Å². The summed E-state index contributed by atoms with van der Waals surface area (Å²) in [6.45, 7) is 2.89. The Bertz CT molecular complexity index is 908. The van der Waals surface area contributed by atoms with E-state index in [0.29, 0.717) is 6.54 Å². The van der Waals surface area contributed by atoms with Gasteiger partial charge in [-0.05, 0) is 36.1 Å². The van der Waals surface area contributed by atoms with E-state index in [4.69, 9.17) is 4.74 Å². The van der Waals surface area contributed by atoms with Gasteiger partial charge in [-0.15, -0.1) is 0 Å². The van der Waals surface area contributed by atoms with Gasteiger partial charge in [-0.25, -0.2) is 0 Å². The second-order valence-corrected chi connectivity index (χ2v) is 7.05. The predicted octanol–water partition coefficient (Wildman–Crippen LogP) is 4.04. The number of nitrogens with one attached hydrogen (secondary N) is 2. The first-order valence-electron chi connectivity index (χ1n) is 9.91. The fraction of sp³-hybridized carbons (Fsp3) is 0.240. The van der Waals surface area contributed by atoms with Gasteiger partial charge in [0.05, 0.1) is 19.7 Å². The van der Waals surface area contributed by atoms with Gasteiger partial charge >= 0.3 is 0 Å². The number of hydrogen-bond donors (Lipinski definition) is 2. The maximum absolute atomic E-state index is 12.4. The van der Waals surface area contributed by atoms with Gasteiger partial charge in [0.1, 0.15) is 5.75 Å². The molecule has 0 radical (unpaired) electrons. The highest BCUT2D eigenvalue weighted by atomic mass is 16.5. The van der Waals surface area contributed by atoms with Crippen molar-refractivity contribution in [1.82, 2.24) is 10.6 Å². The number of methoxy groups -OCH3 is 1. The van der Waals surface area contributed by atoms with Crippen molar-refractivity contribution >= 4 is 5.91 Å². The average molecular weight is 389 g/mol. The van der Waals surface area contributed by atoms with E-state index in [0.717, 1.165) is 28.9 Å². The first-order chi connectivity index (χ1) is 14.2. The molecule has 0 saturated heterocycles. The molecule has 3 aromatic rings. The van der Waals surface area contributed by atoms with E-state index >= 15 is 0 Å². The van der Waals surface area contributed by atoms with Crippen molar-refractivity contribution in [1.29, 1.82) is 0 Å². The Labute approximate surface area is 172 Å². The first kappa shape index (κ1) is 20.6. The summed E-state index contributed by atoms with van der Waals surface area (Å²) < 4.78 is 5.36. The van der Waals surface area contributed by atoms with Gasteiger partial charge in [-0.1, -0.05) is 78.4 Å². The van der Waals surface area contributed by atoms with E-state index < -0.39 is 0 Å². The molecule has 0 aliphatic carbocycles. The highest BCUT2D eigenvalue weighted by Gasteiger charge is 2.15. The molecular formula is C25H28N2O2. The van der Waals surface area contributed by atoms with Crippen LogP contribution in [0.1, 0.15) is 28.3 Å². The summed E-state index contributed by atoms with van der Waals surface area (Å²) in [4.78, 5) is 12.4.